The summed E-state index contributed by atoms with van der Waals surface area (Å²) < 4.78 is 0. The fraction of sp³-hybridized carbons (Fsp3) is 0.455. The number of thioether (sulfide) groups is 1. The zero-order chi connectivity index (χ0) is 19.5. The van der Waals surface area contributed by atoms with Gasteiger partial charge in [0.25, 0.3) is 0 Å². The molecule has 0 spiro atoms. The predicted molar refractivity (Wildman–Crippen MR) is 115 cm³/mol. The van der Waals surface area contributed by atoms with Gasteiger partial charge in [0.15, 0.2) is 0 Å². The molecule has 1 fully saturated rings. The summed E-state index contributed by atoms with van der Waals surface area (Å²) in [6.07, 6.45) is 3.87. The van der Waals surface area contributed by atoms with Gasteiger partial charge in [0.1, 0.15) is 5.82 Å². The van der Waals surface area contributed by atoms with Gasteiger partial charge in [0.05, 0.1) is 5.25 Å². The number of hydrogen-bond acceptors (Lipinski definition) is 5. The summed E-state index contributed by atoms with van der Waals surface area (Å²) in [5, 5.41) is 3.06. The first-order valence-corrected chi connectivity index (χ1v) is 10.9. The molecule has 1 saturated heterocycles. The summed E-state index contributed by atoms with van der Waals surface area (Å²) in [4.78, 5) is 23.2. The highest BCUT2D eigenvalue weighted by Crippen LogP contribution is 2.37. The van der Waals surface area contributed by atoms with Crippen LogP contribution in [0.1, 0.15) is 23.1 Å². The van der Waals surface area contributed by atoms with Crippen molar-refractivity contribution in [3.8, 4) is 0 Å². The molecule has 148 valence electrons. The maximum absolute atomic E-state index is 12.6. The maximum atomic E-state index is 12.6. The van der Waals surface area contributed by atoms with Crippen LogP contribution < -0.4 is 10.2 Å². The van der Waals surface area contributed by atoms with E-state index in [-0.39, 0.29) is 11.2 Å². The largest absolute Gasteiger partial charge is 0.355 e. The minimum absolute atomic E-state index is 0.0295. The second kappa shape index (κ2) is 8.53. The first-order valence-electron chi connectivity index (χ1n) is 10.0. The van der Waals surface area contributed by atoms with Crippen molar-refractivity contribution in [2.45, 2.75) is 36.5 Å². The quantitative estimate of drug-likeness (QED) is 0.861. The van der Waals surface area contributed by atoms with Crippen LogP contribution in [0.4, 0.5) is 5.82 Å². The van der Waals surface area contributed by atoms with Crippen molar-refractivity contribution in [1.29, 1.82) is 0 Å². The third-order valence-electron chi connectivity index (χ3n) is 5.51. The van der Waals surface area contributed by atoms with E-state index < -0.39 is 0 Å². The third-order valence-corrected chi connectivity index (χ3v) is 6.81. The molecule has 1 unspecified atom stereocenters. The molecule has 1 atom stereocenters. The molecule has 1 aromatic carbocycles. The number of hydrogen-bond donors (Lipinski definition) is 1. The normalized spacial score (nSPS) is 19.9. The van der Waals surface area contributed by atoms with Crippen molar-refractivity contribution < 1.29 is 4.79 Å². The molecule has 4 rings (SSSR count). The number of nitrogens with one attached hydrogen (secondary N) is 1. The van der Waals surface area contributed by atoms with Gasteiger partial charge in [0.2, 0.25) is 5.91 Å². The molecule has 0 aliphatic carbocycles. The van der Waals surface area contributed by atoms with Crippen LogP contribution in [-0.2, 0) is 17.8 Å². The highest BCUT2D eigenvalue weighted by Gasteiger charge is 2.28. The van der Waals surface area contributed by atoms with Crippen LogP contribution in [0.15, 0.2) is 41.4 Å². The van der Waals surface area contributed by atoms with Crippen LogP contribution in [0, 0.1) is 6.92 Å². The van der Waals surface area contributed by atoms with Gasteiger partial charge >= 0.3 is 0 Å². The average Bonchev–Trinajstić information content (AvgIpc) is 3.00. The minimum atomic E-state index is -0.0295. The van der Waals surface area contributed by atoms with Gasteiger partial charge in [-0.25, -0.2) is 4.98 Å². The van der Waals surface area contributed by atoms with Crippen LogP contribution in [0.3, 0.4) is 0 Å². The zero-order valence-corrected chi connectivity index (χ0v) is 17.5. The highest BCUT2D eigenvalue weighted by molar-refractivity contribution is 8.01. The number of aryl methyl sites for hydroxylation is 1. The number of carbonyl (C=O) groups is 1. The van der Waals surface area contributed by atoms with Gasteiger partial charge < -0.3 is 15.1 Å². The molecule has 6 heteroatoms. The van der Waals surface area contributed by atoms with Gasteiger partial charge in [-0.3, -0.25) is 4.79 Å². The molecule has 1 aromatic heterocycles. The summed E-state index contributed by atoms with van der Waals surface area (Å²) in [6.45, 7) is 6.89. The SMILES string of the molecule is Cc1ccc2c(c1)SC(C(=O)NCc1ccc(N3CCCN(C)CC3)nc1)C2. The van der Waals surface area contributed by atoms with Crippen LogP contribution in [0.2, 0.25) is 0 Å². The Balaban J connectivity index is 1.30. The lowest BCUT2D eigenvalue weighted by Gasteiger charge is -2.21. The molecule has 0 radical (unpaired) electrons. The van der Waals surface area contributed by atoms with E-state index in [4.69, 9.17) is 0 Å². The van der Waals surface area contributed by atoms with Crippen molar-refractivity contribution in [2.24, 2.45) is 0 Å². The lowest BCUT2D eigenvalue weighted by Crippen LogP contribution is -2.32. The van der Waals surface area contributed by atoms with Gasteiger partial charge in [0, 0.05) is 37.3 Å². The van der Waals surface area contributed by atoms with Crippen molar-refractivity contribution in [3.63, 3.8) is 0 Å². The zero-order valence-electron chi connectivity index (χ0n) is 16.6. The number of benzene rings is 1. The van der Waals surface area contributed by atoms with E-state index in [1.165, 1.54) is 16.0 Å². The second-order valence-corrected chi connectivity index (χ2v) is 9.05. The number of carbonyl (C=O) groups excluding carboxylic acids is 1. The standard InChI is InChI=1S/C22H28N4OS/c1-16-4-6-18-13-20(28-19(18)12-16)22(27)24-15-17-5-7-21(23-14-17)26-9-3-8-25(2)10-11-26/h4-7,12,14,20H,3,8-11,13,15H2,1-2H3,(H,24,27). The van der Waals surface area contributed by atoms with E-state index >= 15 is 0 Å². The van der Waals surface area contributed by atoms with Crippen molar-refractivity contribution >= 4 is 23.5 Å². The molecular weight excluding hydrogens is 368 g/mol. The number of nitrogens with zero attached hydrogens (tertiary/aromatic N) is 3. The molecule has 1 N–H and O–H groups in total. The summed E-state index contributed by atoms with van der Waals surface area (Å²) in [5.74, 6) is 1.14. The minimum Gasteiger partial charge on any atom is -0.355 e. The van der Waals surface area contributed by atoms with E-state index in [0.29, 0.717) is 6.54 Å². The predicted octanol–water partition coefficient (Wildman–Crippen LogP) is 2.87. The third kappa shape index (κ3) is 4.50. The Morgan fingerprint density at radius 3 is 2.93 bits per heavy atom. The number of anilines is 1. The summed E-state index contributed by atoms with van der Waals surface area (Å²) in [6, 6.07) is 10.6. The number of amides is 1. The molecule has 2 aliphatic rings. The molecule has 0 bridgehead atoms. The number of aromatic nitrogens is 1. The molecule has 2 aromatic rings. The Hall–Kier alpha value is -2.05. The molecule has 3 heterocycles. The lowest BCUT2D eigenvalue weighted by atomic mass is 10.1. The topological polar surface area (TPSA) is 48.5 Å². The number of likely N-dealkylation sites (N-methyl/N-ethyl adjacent to an activating group) is 1. The fourth-order valence-electron chi connectivity index (χ4n) is 3.77. The first-order chi connectivity index (χ1) is 13.6. The van der Waals surface area contributed by atoms with Crippen LogP contribution >= 0.6 is 11.8 Å². The van der Waals surface area contributed by atoms with E-state index in [1.54, 1.807) is 11.8 Å². The van der Waals surface area contributed by atoms with E-state index in [1.807, 2.05) is 6.20 Å². The molecule has 1 amide bonds. The van der Waals surface area contributed by atoms with Crippen molar-refractivity contribution in [1.82, 2.24) is 15.2 Å². The van der Waals surface area contributed by atoms with Gasteiger partial charge in [-0.05, 0) is 56.6 Å². The molecule has 0 saturated carbocycles. The van der Waals surface area contributed by atoms with E-state index in [9.17, 15) is 4.79 Å². The van der Waals surface area contributed by atoms with Gasteiger partial charge in [-0.2, -0.15) is 0 Å². The Labute approximate surface area is 171 Å². The van der Waals surface area contributed by atoms with E-state index in [2.05, 4.69) is 64.4 Å². The monoisotopic (exact) mass is 396 g/mol. The molecular formula is C22H28N4OS. The number of rotatable bonds is 4. The van der Waals surface area contributed by atoms with Crippen molar-refractivity contribution in [2.75, 3.05) is 38.1 Å². The summed E-state index contributed by atoms with van der Waals surface area (Å²) in [5.41, 5.74) is 3.57. The second-order valence-electron chi connectivity index (χ2n) is 7.81. The van der Waals surface area contributed by atoms with Crippen LogP contribution in [-0.4, -0.2) is 54.3 Å². The first kappa shape index (κ1) is 19.3. The Morgan fingerprint density at radius 2 is 2.11 bits per heavy atom. The van der Waals surface area contributed by atoms with Crippen LogP contribution in [0.5, 0.6) is 0 Å². The average molecular weight is 397 g/mol. The summed E-state index contributed by atoms with van der Waals surface area (Å²) >= 11 is 1.68. The Kier molecular flexibility index (Phi) is 5.87. The summed E-state index contributed by atoms with van der Waals surface area (Å²) in [7, 11) is 2.17. The number of fused-ring (bicyclic) bond motifs is 1. The Morgan fingerprint density at radius 1 is 1.21 bits per heavy atom. The molecule has 5 nitrogen and oxygen atoms in total. The number of pyridine rings is 1. The lowest BCUT2D eigenvalue weighted by molar-refractivity contribution is -0.120. The smallest absolute Gasteiger partial charge is 0.234 e. The molecule has 28 heavy (non-hydrogen) atoms. The fourth-order valence-corrected chi connectivity index (χ4v) is 5.08. The van der Waals surface area contributed by atoms with Gasteiger partial charge in [-0.15, -0.1) is 11.8 Å². The van der Waals surface area contributed by atoms with E-state index in [0.717, 1.165) is 50.4 Å². The maximum Gasteiger partial charge on any atom is 0.234 e. The Bertz CT molecular complexity index is 839. The highest BCUT2D eigenvalue weighted by atomic mass is 32.2. The van der Waals surface area contributed by atoms with Gasteiger partial charge in [-0.1, -0.05) is 23.8 Å². The molecule has 2 aliphatic heterocycles. The van der Waals surface area contributed by atoms with Crippen LogP contribution in [0.25, 0.3) is 0 Å². The van der Waals surface area contributed by atoms with Crippen molar-refractivity contribution in [3.05, 3.63) is 53.2 Å².